The highest BCUT2D eigenvalue weighted by molar-refractivity contribution is 5.70. The van der Waals surface area contributed by atoms with Crippen LogP contribution in [-0.4, -0.2) is 14.9 Å². The van der Waals surface area contributed by atoms with Crippen LogP contribution in [0.3, 0.4) is 0 Å². The van der Waals surface area contributed by atoms with Gasteiger partial charge in [0.05, 0.1) is 4.92 Å². The molecule has 0 aliphatic rings. The number of hydrogen-bond donors (Lipinski definition) is 3. The van der Waals surface area contributed by atoms with E-state index in [2.05, 4.69) is 20.7 Å². The van der Waals surface area contributed by atoms with E-state index in [4.69, 9.17) is 5.84 Å². The van der Waals surface area contributed by atoms with Crippen LogP contribution < -0.4 is 16.6 Å². The number of nitro groups is 1. The van der Waals surface area contributed by atoms with E-state index < -0.39 is 4.92 Å². The first-order valence-electron chi connectivity index (χ1n) is 6.41. The number of rotatable bonds is 5. The van der Waals surface area contributed by atoms with E-state index in [1.165, 1.54) is 6.92 Å². The fourth-order valence-corrected chi connectivity index (χ4v) is 2.02. The molecule has 2 rings (SSSR count). The summed E-state index contributed by atoms with van der Waals surface area (Å²) in [6, 6.07) is 7.56. The van der Waals surface area contributed by atoms with Crippen LogP contribution in [0.25, 0.3) is 0 Å². The zero-order valence-corrected chi connectivity index (χ0v) is 11.8. The molecule has 0 saturated heterocycles. The number of aromatic nitrogens is 2. The van der Waals surface area contributed by atoms with Crippen molar-refractivity contribution in [2.24, 2.45) is 5.84 Å². The molecule has 0 aliphatic heterocycles. The molecule has 0 atom stereocenters. The van der Waals surface area contributed by atoms with Crippen molar-refractivity contribution in [3.63, 3.8) is 0 Å². The highest BCUT2D eigenvalue weighted by Gasteiger charge is 2.22. The van der Waals surface area contributed by atoms with Gasteiger partial charge in [0.2, 0.25) is 11.8 Å². The molecule has 21 heavy (non-hydrogen) atoms. The van der Waals surface area contributed by atoms with E-state index in [9.17, 15) is 10.1 Å². The summed E-state index contributed by atoms with van der Waals surface area (Å²) >= 11 is 0. The van der Waals surface area contributed by atoms with E-state index in [1.54, 1.807) is 0 Å². The number of benzene rings is 1. The van der Waals surface area contributed by atoms with Crippen molar-refractivity contribution in [1.29, 1.82) is 0 Å². The Morgan fingerprint density at radius 2 is 2.05 bits per heavy atom. The van der Waals surface area contributed by atoms with Gasteiger partial charge in [-0.05, 0) is 25.0 Å². The van der Waals surface area contributed by atoms with Crippen molar-refractivity contribution in [2.45, 2.75) is 20.3 Å². The minimum Gasteiger partial charge on any atom is -0.334 e. The molecule has 110 valence electrons. The first-order chi connectivity index (χ1) is 10.1. The third kappa shape index (κ3) is 3.06. The second-order valence-electron chi connectivity index (χ2n) is 4.37. The van der Waals surface area contributed by atoms with Crippen molar-refractivity contribution in [1.82, 2.24) is 9.97 Å². The molecule has 0 unspecified atom stereocenters. The van der Waals surface area contributed by atoms with Crippen LogP contribution in [0, 0.1) is 17.0 Å². The predicted octanol–water partition coefficient (Wildman–Crippen LogP) is 2.28. The lowest BCUT2D eigenvalue weighted by Crippen LogP contribution is -2.14. The van der Waals surface area contributed by atoms with E-state index in [1.807, 2.05) is 31.2 Å². The molecular weight excluding hydrogens is 272 g/mol. The number of hydrogen-bond acceptors (Lipinski definition) is 7. The summed E-state index contributed by atoms with van der Waals surface area (Å²) in [5.74, 6) is 5.52. The molecule has 0 amide bonds. The summed E-state index contributed by atoms with van der Waals surface area (Å²) in [7, 11) is 0. The molecule has 0 radical (unpaired) electrons. The van der Waals surface area contributed by atoms with Crippen LogP contribution in [-0.2, 0) is 6.42 Å². The van der Waals surface area contributed by atoms with Crippen molar-refractivity contribution < 1.29 is 4.92 Å². The number of nitrogens with two attached hydrogens (primary N) is 1. The summed E-state index contributed by atoms with van der Waals surface area (Å²) in [5.41, 5.74) is 4.17. The zero-order chi connectivity index (χ0) is 15.4. The lowest BCUT2D eigenvalue weighted by Gasteiger charge is -2.12. The molecule has 0 fully saturated rings. The standard InChI is InChI=1S/C13H16N6O2/c1-3-9-6-4-5-7-10(9)16-12-11(19(20)21)8(2)15-13(17-12)18-14/h4-7H,3,14H2,1-2H3,(H2,15,16,17,18). The van der Waals surface area contributed by atoms with Crippen molar-refractivity contribution >= 4 is 23.1 Å². The summed E-state index contributed by atoms with van der Waals surface area (Å²) in [4.78, 5) is 18.7. The van der Waals surface area contributed by atoms with Crippen LogP contribution in [0.4, 0.5) is 23.1 Å². The van der Waals surface area contributed by atoms with Gasteiger partial charge in [-0.15, -0.1) is 0 Å². The second-order valence-corrected chi connectivity index (χ2v) is 4.37. The molecule has 0 saturated carbocycles. The van der Waals surface area contributed by atoms with Gasteiger partial charge in [0.15, 0.2) is 0 Å². The summed E-state index contributed by atoms with van der Waals surface area (Å²) in [6.45, 7) is 3.55. The molecule has 0 spiro atoms. The largest absolute Gasteiger partial charge is 0.334 e. The van der Waals surface area contributed by atoms with Gasteiger partial charge < -0.3 is 5.32 Å². The van der Waals surface area contributed by atoms with E-state index in [-0.39, 0.29) is 23.1 Å². The molecule has 1 heterocycles. The van der Waals surface area contributed by atoms with Gasteiger partial charge >= 0.3 is 5.69 Å². The minimum absolute atomic E-state index is 0.112. The van der Waals surface area contributed by atoms with E-state index in [0.29, 0.717) is 0 Å². The highest BCUT2D eigenvalue weighted by Crippen LogP contribution is 2.30. The number of hydrazine groups is 1. The van der Waals surface area contributed by atoms with Gasteiger partial charge in [-0.3, -0.25) is 15.5 Å². The number of anilines is 3. The summed E-state index contributed by atoms with van der Waals surface area (Å²) in [5, 5.41) is 14.2. The monoisotopic (exact) mass is 288 g/mol. The fraction of sp³-hybridized carbons (Fsp3) is 0.231. The van der Waals surface area contributed by atoms with Gasteiger partial charge in [-0.25, -0.2) is 10.8 Å². The third-order valence-corrected chi connectivity index (χ3v) is 3.02. The maximum atomic E-state index is 11.2. The lowest BCUT2D eigenvalue weighted by atomic mass is 10.1. The van der Waals surface area contributed by atoms with Crippen molar-refractivity contribution in [3.05, 3.63) is 45.6 Å². The van der Waals surface area contributed by atoms with Crippen LogP contribution in [0.5, 0.6) is 0 Å². The van der Waals surface area contributed by atoms with Crippen LogP contribution in [0.1, 0.15) is 18.2 Å². The quantitative estimate of drug-likeness (QED) is 0.438. The van der Waals surface area contributed by atoms with Crippen molar-refractivity contribution in [3.8, 4) is 0 Å². The Labute approximate surface area is 121 Å². The lowest BCUT2D eigenvalue weighted by molar-refractivity contribution is -0.385. The predicted molar refractivity (Wildman–Crippen MR) is 80.3 cm³/mol. The highest BCUT2D eigenvalue weighted by atomic mass is 16.6. The minimum atomic E-state index is -0.507. The maximum Gasteiger partial charge on any atom is 0.332 e. The van der Waals surface area contributed by atoms with Crippen LogP contribution >= 0.6 is 0 Å². The molecule has 8 nitrogen and oxygen atoms in total. The third-order valence-electron chi connectivity index (χ3n) is 3.02. The topological polar surface area (TPSA) is 119 Å². The molecule has 8 heteroatoms. The smallest absolute Gasteiger partial charge is 0.332 e. The fourth-order valence-electron chi connectivity index (χ4n) is 2.02. The normalized spacial score (nSPS) is 10.2. The van der Waals surface area contributed by atoms with E-state index in [0.717, 1.165) is 17.7 Å². The van der Waals surface area contributed by atoms with Gasteiger partial charge in [0, 0.05) is 5.69 Å². The molecule has 1 aromatic carbocycles. The molecule has 2 aromatic rings. The Hall–Kier alpha value is -2.74. The molecular formula is C13H16N6O2. The first-order valence-corrected chi connectivity index (χ1v) is 6.41. The number of para-hydroxylation sites is 1. The zero-order valence-electron chi connectivity index (χ0n) is 11.8. The Kier molecular flexibility index (Phi) is 4.29. The molecule has 0 aliphatic carbocycles. The first kappa shape index (κ1) is 14.7. The Bertz CT molecular complexity index is 674. The van der Waals surface area contributed by atoms with Crippen molar-refractivity contribution in [2.75, 3.05) is 10.7 Å². The SMILES string of the molecule is CCc1ccccc1Nc1nc(NN)nc(C)c1[N+](=O)[O-]. The van der Waals surface area contributed by atoms with Crippen LogP contribution in [0.2, 0.25) is 0 Å². The van der Waals surface area contributed by atoms with Gasteiger partial charge in [-0.2, -0.15) is 4.98 Å². The summed E-state index contributed by atoms with van der Waals surface area (Å²) in [6.07, 6.45) is 0.795. The number of nitrogens with zero attached hydrogens (tertiary/aromatic N) is 3. The Balaban J connectivity index is 2.52. The van der Waals surface area contributed by atoms with E-state index >= 15 is 0 Å². The molecule has 0 bridgehead atoms. The average Bonchev–Trinajstić information content (AvgIpc) is 2.46. The molecule has 4 N–H and O–H groups in total. The Morgan fingerprint density at radius 1 is 1.33 bits per heavy atom. The number of nitrogens with one attached hydrogen (secondary N) is 2. The maximum absolute atomic E-state index is 11.2. The summed E-state index contributed by atoms with van der Waals surface area (Å²) < 4.78 is 0. The van der Waals surface area contributed by atoms with Gasteiger partial charge in [0.1, 0.15) is 5.69 Å². The van der Waals surface area contributed by atoms with Gasteiger partial charge in [-0.1, -0.05) is 25.1 Å². The Morgan fingerprint density at radius 3 is 2.67 bits per heavy atom. The van der Waals surface area contributed by atoms with Crippen LogP contribution in [0.15, 0.2) is 24.3 Å². The second kappa shape index (κ2) is 6.14. The van der Waals surface area contributed by atoms with Gasteiger partial charge in [0.25, 0.3) is 0 Å². The molecule has 1 aromatic heterocycles. The number of nitrogen functional groups attached to an aromatic ring is 1. The number of aryl methyl sites for hydroxylation is 2. The average molecular weight is 288 g/mol.